The zero-order valence-corrected chi connectivity index (χ0v) is 9.53. The van der Waals surface area contributed by atoms with Gasteiger partial charge in [-0.1, -0.05) is 22.0 Å². The molecule has 0 aromatic heterocycles. The molecule has 1 rings (SSSR count). The van der Waals surface area contributed by atoms with Crippen LogP contribution in [0.25, 0.3) is 0 Å². The van der Waals surface area contributed by atoms with Gasteiger partial charge in [-0.2, -0.15) is 0 Å². The zero-order chi connectivity index (χ0) is 10.6. The lowest BCUT2D eigenvalue weighted by atomic mass is 10.1. The van der Waals surface area contributed by atoms with Crippen molar-refractivity contribution >= 4 is 27.2 Å². The first kappa shape index (κ1) is 11.8. The molecule has 1 aromatic carbocycles. The van der Waals surface area contributed by atoms with Crippen LogP contribution in [0.1, 0.15) is 5.56 Å². The van der Waals surface area contributed by atoms with E-state index in [1.165, 1.54) is 6.07 Å². The Labute approximate surface area is 92.3 Å². The summed E-state index contributed by atoms with van der Waals surface area (Å²) in [5.74, 6) is -0.335. The molecule has 1 N–H and O–H groups in total. The van der Waals surface area contributed by atoms with Crippen molar-refractivity contribution in [2.45, 2.75) is 6.42 Å². The molecule has 14 heavy (non-hydrogen) atoms. The fourth-order valence-corrected chi connectivity index (χ4v) is 1.60. The van der Waals surface area contributed by atoms with Gasteiger partial charge in [0.25, 0.3) is 0 Å². The summed E-state index contributed by atoms with van der Waals surface area (Å²) in [6, 6.07) is 4.69. The molecule has 0 saturated carbocycles. The normalized spacial score (nSPS) is 12.8. The Balaban J connectivity index is 2.55. The third-order valence-corrected chi connectivity index (χ3v) is 2.56. The summed E-state index contributed by atoms with van der Waals surface area (Å²) in [4.78, 5) is 0. The minimum Gasteiger partial charge on any atom is -0.760 e. The van der Waals surface area contributed by atoms with E-state index in [9.17, 15) is 13.2 Å². The number of nitrogens with one attached hydrogen (secondary N) is 1. The van der Waals surface area contributed by atoms with Gasteiger partial charge >= 0.3 is 0 Å². The Kier molecular flexibility index (Phi) is 4.67. The van der Waals surface area contributed by atoms with Gasteiger partial charge in [-0.3, -0.25) is 4.21 Å². The molecule has 0 heterocycles. The lowest BCUT2D eigenvalue weighted by molar-refractivity contribution is 0.522. The van der Waals surface area contributed by atoms with Crippen LogP contribution < -0.4 is 4.72 Å². The van der Waals surface area contributed by atoms with Crippen molar-refractivity contribution in [3.05, 3.63) is 34.1 Å². The number of hydrogen-bond acceptors (Lipinski definition) is 2. The van der Waals surface area contributed by atoms with Gasteiger partial charge in [-0.15, -0.1) is 0 Å². The Morgan fingerprint density at radius 2 is 2.29 bits per heavy atom. The van der Waals surface area contributed by atoms with Crippen LogP contribution in [-0.4, -0.2) is 15.3 Å². The minimum absolute atomic E-state index is 0.203. The van der Waals surface area contributed by atoms with Crippen molar-refractivity contribution in [1.29, 1.82) is 0 Å². The quantitative estimate of drug-likeness (QED) is 0.851. The number of halogens is 2. The Morgan fingerprint density at radius 1 is 1.57 bits per heavy atom. The summed E-state index contributed by atoms with van der Waals surface area (Å²) in [5.41, 5.74) is 0.492. The van der Waals surface area contributed by atoms with Crippen molar-refractivity contribution < 1.29 is 13.2 Å². The predicted molar refractivity (Wildman–Crippen MR) is 54.7 cm³/mol. The highest BCUT2D eigenvalue weighted by Gasteiger charge is 2.01. The minimum atomic E-state index is -2.28. The summed E-state index contributed by atoms with van der Waals surface area (Å²) < 4.78 is 36.2. The zero-order valence-electron chi connectivity index (χ0n) is 7.13. The maximum Gasteiger partial charge on any atom is 0.127 e. The van der Waals surface area contributed by atoms with Gasteiger partial charge in [0.1, 0.15) is 5.82 Å². The highest BCUT2D eigenvalue weighted by Crippen LogP contribution is 2.15. The van der Waals surface area contributed by atoms with Crippen LogP contribution >= 0.6 is 15.9 Å². The van der Waals surface area contributed by atoms with Gasteiger partial charge in [0.2, 0.25) is 0 Å². The molecule has 0 radical (unpaired) electrons. The standard InChI is InChI=1S/C8H9BrFNO2S/c9-7-2-1-6(8(10)5-7)3-4-11-14(12)13/h1-2,5,11H,3-4H2,(H,12,13)/p-1. The van der Waals surface area contributed by atoms with Crippen LogP contribution in [0, 0.1) is 5.82 Å². The average Bonchev–Trinajstić information content (AvgIpc) is 2.08. The highest BCUT2D eigenvalue weighted by molar-refractivity contribution is 9.10. The molecule has 0 amide bonds. The van der Waals surface area contributed by atoms with Crippen LogP contribution in [0.3, 0.4) is 0 Å². The molecule has 0 aliphatic heterocycles. The van der Waals surface area contributed by atoms with E-state index in [-0.39, 0.29) is 12.4 Å². The van der Waals surface area contributed by atoms with E-state index >= 15 is 0 Å². The van der Waals surface area contributed by atoms with Crippen molar-refractivity contribution in [1.82, 2.24) is 4.72 Å². The van der Waals surface area contributed by atoms with E-state index in [1.807, 2.05) is 0 Å². The molecule has 3 nitrogen and oxygen atoms in total. The Bertz CT molecular complexity index is 348. The number of rotatable bonds is 4. The van der Waals surface area contributed by atoms with Gasteiger partial charge < -0.3 is 4.55 Å². The first-order chi connectivity index (χ1) is 6.59. The Hall–Kier alpha value is -0.300. The van der Waals surface area contributed by atoms with Crippen molar-refractivity contribution in [2.24, 2.45) is 0 Å². The van der Waals surface area contributed by atoms with Crippen LogP contribution in [0.15, 0.2) is 22.7 Å². The van der Waals surface area contributed by atoms with Gasteiger partial charge in [0.05, 0.1) is 0 Å². The smallest absolute Gasteiger partial charge is 0.127 e. The largest absolute Gasteiger partial charge is 0.760 e. The average molecular weight is 281 g/mol. The van der Waals surface area contributed by atoms with Crippen molar-refractivity contribution in [3.8, 4) is 0 Å². The number of hydrogen-bond donors (Lipinski definition) is 1. The van der Waals surface area contributed by atoms with Crippen LogP contribution in [0.2, 0.25) is 0 Å². The topological polar surface area (TPSA) is 52.2 Å². The summed E-state index contributed by atoms with van der Waals surface area (Å²) in [7, 11) is 0. The van der Waals surface area contributed by atoms with E-state index in [1.54, 1.807) is 12.1 Å². The lowest BCUT2D eigenvalue weighted by Gasteiger charge is -2.07. The van der Waals surface area contributed by atoms with Gasteiger partial charge in [-0.05, 0) is 24.1 Å². The maximum atomic E-state index is 13.2. The second-order valence-corrected chi connectivity index (χ2v) is 4.29. The predicted octanol–water partition coefficient (Wildman–Crippen LogP) is 1.51. The third-order valence-electron chi connectivity index (χ3n) is 1.63. The fraction of sp³-hybridized carbons (Fsp3) is 0.250. The molecule has 6 heteroatoms. The lowest BCUT2D eigenvalue weighted by Crippen LogP contribution is -2.19. The van der Waals surface area contributed by atoms with E-state index in [0.29, 0.717) is 16.5 Å². The molecule has 0 fully saturated rings. The molecular weight excluding hydrogens is 273 g/mol. The van der Waals surface area contributed by atoms with Crippen LogP contribution in [0.4, 0.5) is 4.39 Å². The summed E-state index contributed by atoms with van der Waals surface area (Å²) in [6.07, 6.45) is 0.340. The van der Waals surface area contributed by atoms with E-state index in [0.717, 1.165) is 0 Å². The first-order valence-electron chi connectivity index (χ1n) is 3.86. The van der Waals surface area contributed by atoms with Crippen LogP contribution in [-0.2, 0) is 17.7 Å². The summed E-state index contributed by atoms with van der Waals surface area (Å²) in [5, 5.41) is 0. The molecule has 0 saturated heterocycles. The fourth-order valence-electron chi connectivity index (χ4n) is 0.993. The van der Waals surface area contributed by atoms with Crippen molar-refractivity contribution in [3.63, 3.8) is 0 Å². The Morgan fingerprint density at radius 3 is 2.86 bits per heavy atom. The molecule has 0 spiro atoms. The second kappa shape index (κ2) is 5.55. The maximum absolute atomic E-state index is 13.2. The molecule has 1 aromatic rings. The first-order valence-corrected chi connectivity index (χ1v) is 5.73. The number of benzene rings is 1. The second-order valence-electron chi connectivity index (χ2n) is 2.61. The monoisotopic (exact) mass is 280 g/mol. The van der Waals surface area contributed by atoms with Gasteiger partial charge in [0.15, 0.2) is 0 Å². The summed E-state index contributed by atoms with van der Waals surface area (Å²) in [6.45, 7) is 0.203. The molecule has 78 valence electrons. The van der Waals surface area contributed by atoms with E-state index in [2.05, 4.69) is 20.7 Å². The molecule has 1 unspecified atom stereocenters. The van der Waals surface area contributed by atoms with Crippen molar-refractivity contribution in [2.75, 3.05) is 6.54 Å². The van der Waals surface area contributed by atoms with Crippen LogP contribution in [0.5, 0.6) is 0 Å². The molecule has 0 bridgehead atoms. The summed E-state index contributed by atoms with van der Waals surface area (Å²) >= 11 is 0.851. The van der Waals surface area contributed by atoms with E-state index in [4.69, 9.17) is 0 Å². The van der Waals surface area contributed by atoms with E-state index < -0.39 is 11.3 Å². The molecule has 0 aliphatic carbocycles. The molecular formula is C8H8BrFNO2S-. The van der Waals surface area contributed by atoms with Gasteiger partial charge in [-0.25, -0.2) is 9.11 Å². The highest BCUT2D eigenvalue weighted by atomic mass is 79.9. The van der Waals surface area contributed by atoms with Gasteiger partial charge in [0, 0.05) is 22.3 Å². The molecule has 1 atom stereocenters. The SMILES string of the molecule is O=S([O-])NCCc1ccc(Br)cc1F. The third kappa shape index (κ3) is 3.83. The molecule has 0 aliphatic rings.